The lowest BCUT2D eigenvalue weighted by Crippen LogP contribution is -2.22. The number of fused-ring (bicyclic) bond motifs is 2. The van der Waals surface area contributed by atoms with Gasteiger partial charge >= 0.3 is 0 Å². The Labute approximate surface area is 166 Å². The predicted molar refractivity (Wildman–Crippen MR) is 115 cm³/mol. The molecule has 0 amide bonds. The minimum Gasteiger partial charge on any atom is -0.331 e. The van der Waals surface area contributed by atoms with E-state index in [4.69, 9.17) is 4.98 Å². The Kier molecular flexibility index (Phi) is 4.11. The molecule has 5 heteroatoms. The minimum absolute atomic E-state index is 0.0965. The zero-order valence-electron chi connectivity index (χ0n) is 17.9. The van der Waals surface area contributed by atoms with E-state index in [0.29, 0.717) is 0 Å². The zero-order chi connectivity index (χ0) is 20.3. The van der Waals surface area contributed by atoms with Gasteiger partial charge in [0, 0.05) is 26.7 Å². The molecular formula is C23H29N5. The van der Waals surface area contributed by atoms with Crippen LogP contribution in [0.25, 0.3) is 22.2 Å². The summed E-state index contributed by atoms with van der Waals surface area (Å²) >= 11 is 0. The van der Waals surface area contributed by atoms with E-state index in [-0.39, 0.29) is 10.8 Å². The molecule has 0 unspecified atom stereocenters. The number of aromatic nitrogens is 5. The molecule has 0 saturated heterocycles. The molecule has 0 aliphatic carbocycles. The van der Waals surface area contributed by atoms with E-state index in [1.54, 1.807) is 0 Å². The number of hydrogen-bond acceptors (Lipinski definition) is 3. The molecule has 0 spiro atoms. The van der Waals surface area contributed by atoms with Gasteiger partial charge in [-0.3, -0.25) is 0 Å². The molecular weight excluding hydrogens is 346 g/mol. The smallest absolute Gasteiger partial charge is 0.159 e. The van der Waals surface area contributed by atoms with Crippen LogP contribution in [0.1, 0.15) is 51.6 Å². The first kappa shape index (κ1) is 18.7. The van der Waals surface area contributed by atoms with Gasteiger partial charge in [-0.15, -0.1) is 0 Å². The maximum absolute atomic E-state index is 4.99. The second kappa shape index (κ2) is 6.16. The van der Waals surface area contributed by atoms with Crippen LogP contribution in [0.4, 0.5) is 0 Å². The average molecular weight is 376 g/mol. The third-order valence-corrected chi connectivity index (χ3v) is 5.77. The average Bonchev–Trinajstić information content (AvgIpc) is 3.14. The van der Waals surface area contributed by atoms with Crippen LogP contribution >= 0.6 is 0 Å². The van der Waals surface area contributed by atoms with Crippen LogP contribution in [0.5, 0.6) is 0 Å². The van der Waals surface area contributed by atoms with Crippen molar-refractivity contribution >= 4 is 22.2 Å². The van der Waals surface area contributed by atoms with E-state index in [2.05, 4.69) is 80.5 Å². The van der Waals surface area contributed by atoms with E-state index in [9.17, 15) is 0 Å². The molecule has 4 aromatic rings. The first-order valence-corrected chi connectivity index (χ1v) is 9.80. The largest absolute Gasteiger partial charge is 0.331 e. The van der Waals surface area contributed by atoms with Crippen LogP contribution in [-0.2, 0) is 31.3 Å². The minimum atomic E-state index is -0.0965. The number of benzene rings is 1. The molecule has 1 aromatic carbocycles. The van der Waals surface area contributed by atoms with Gasteiger partial charge in [-0.05, 0) is 40.2 Å². The highest BCUT2D eigenvalue weighted by atomic mass is 15.1. The molecule has 4 rings (SSSR count). The summed E-state index contributed by atoms with van der Waals surface area (Å²) in [6.07, 6.45) is 4.63. The summed E-state index contributed by atoms with van der Waals surface area (Å²) in [5.74, 6) is 1.09. The summed E-state index contributed by atoms with van der Waals surface area (Å²) in [6, 6.07) is 8.80. The van der Waals surface area contributed by atoms with Gasteiger partial charge in [-0.2, -0.15) is 0 Å². The van der Waals surface area contributed by atoms with Gasteiger partial charge in [0.2, 0.25) is 0 Å². The number of imidazole rings is 2. The van der Waals surface area contributed by atoms with Gasteiger partial charge < -0.3 is 9.13 Å². The zero-order valence-corrected chi connectivity index (χ0v) is 17.9. The van der Waals surface area contributed by atoms with Crippen LogP contribution in [0.3, 0.4) is 0 Å². The normalized spacial score (nSPS) is 13.0. The molecule has 0 atom stereocenters. The second-order valence-corrected chi connectivity index (χ2v) is 9.52. The second-order valence-electron chi connectivity index (χ2n) is 9.52. The van der Waals surface area contributed by atoms with Gasteiger partial charge in [0.05, 0.1) is 17.4 Å². The maximum Gasteiger partial charge on any atom is 0.159 e. The van der Waals surface area contributed by atoms with Gasteiger partial charge in [0.15, 0.2) is 5.65 Å². The van der Waals surface area contributed by atoms with Crippen molar-refractivity contribution in [2.24, 2.45) is 14.1 Å². The number of nitrogens with zero attached hydrogens (tertiary/aromatic N) is 5. The molecule has 5 nitrogen and oxygen atoms in total. The summed E-state index contributed by atoms with van der Waals surface area (Å²) in [6.45, 7) is 11.2. The number of aryl methyl sites for hydroxylation is 2. The van der Waals surface area contributed by atoms with Crippen molar-refractivity contribution in [2.75, 3.05) is 0 Å². The quantitative estimate of drug-likeness (QED) is 0.523. The topological polar surface area (TPSA) is 48.5 Å². The molecule has 28 heavy (non-hydrogen) atoms. The fraction of sp³-hybridized carbons (Fsp3) is 0.435. The van der Waals surface area contributed by atoms with Crippen molar-refractivity contribution < 1.29 is 0 Å². The van der Waals surface area contributed by atoms with Crippen molar-refractivity contribution in [1.29, 1.82) is 0 Å². The van der Waals surface area contributed by atoms with Crippen LogP contribution in [0, 0.1) is 0 Å². The lowest BCUT2D eigenvalue weighted by Gasteiger charge is -2.24. The highest BCUT2D eigenvalue weighted by Crippen LogP contribution is 2.31. The molecule has 0 saturated carbocycles. The first-order chi connectivity index (χ1) is 13.1. The number of pyridine rings is 1. The lowest BCUT2D eigenvalue weighted by molar-refractivity contribution is 0.498. The summed E-state index contributed by atoms with van der Waals surface area (Å²) < 4.78 is 4.17. The first-order valence-electron chi connectivity index (χ1n) is 9.80. The molecule has 3 heterocycles. The van der Waals surface area contributed by atoms with Crippen LogP contribution < -0.4 is 0 Å². The molecule has 0 aliphatic heterocycles. The van der Waals surface area contributed by atoms with Crippen molar-refractivity contribution in [3.8, 4) is 0 Å². The highest BCUT2D eigenvalue weighted by Gasteiger charge is 2.26. The molecule has 0 fully saturated rings. The van der Waals surface area contributed by atoms with E-state index < -0.39 is 0 Å². The van der Waals surface area contributed by atoms with Gasteiger partial charge in [0.25, 0.3) is 0 Å². The Hall–Kier alpha value is -2.69. The van der Waals surface area contributed by atoms with Crippen molar-refractivity contribution in [1.82, 2.24) is 24.1 Å². The Morgan fingerprint density at radius 3 is 2.32 bits per heavy atom. The summed E-state index contributed by atoms with van der Waals surface area (Å²) in [5.41, 5.74) is 6.62. The van der Waals surface area contributed by atoms with Crippen LogP contribution in [-0.4, -0.2) is 24.1 Å². The van der Waals surface area contributed by atoms with E-state index in [1.165, 1.54) is 16.6 Å². The van der Waals surface area contributed by atoms with Crippen LogP contribution in [0.2, 0.25) is 0 Å². The van der Waals surface area contributed by atoms with E-state index >= 15 is 0 Å². The number of hydrogen-bond donors (Lipinski definition) is 0. The van der Waals surface area contributed by atoms with E-state index in [1.807, 2.05) is 24.1 Å². The number of rotatable bonds is 3. The third kappa shape index (κ3) is 3.09. The van der Waals surface area contributed by atoms with Crippen molar-refractivity contribution in [3.63, 3.8) is 0 Å². The summed E-state index contributed by atoms with van der Waals surface area (Å²) in [7, 11) is 4.08. The standard InChI is InChI=1S/C23H29N5/c1-22(2,3)15-8-9-19-17(10-15)26-20(28(19)7)12-23(4,5)16-11-18-21(24-13-16)27(6)14-25-18/h8-11,13-14H,12H2,1-7H3. The molecule has 0 bridgehead atoms. The van der Waals surface area contributed by atoms with Gasteiger partial charge in [-0.1, -0.05) is 40.7 Å². The Morgan fingerprint density at radius 1 is 0.893 bits per heavy atom. The molecule has 0 radical (unpaired) electrons. The monoisotopic (exact) mass is 375 g/mol. The van der Waals surface area contributed by atoms with Crippen LogP contribution in [0.15, 0.2) is 36.8 Å². The molecule has 146 valence electrons. The fourth-order valence-electron chi connectivity index (χ4n) is 3.76. The fourth-order valence-corrected chi connectivity index (χ4v) is 3.76. The Bertz CT molecular complexity index is 1170. The van der Waals surface area contributed by atoms with Crippen molar-refractivity contribution in [2.45, 2.75) is 51.9 Å². The molecule has 0 N–H and O–H groups in total. The summed E-state index contributed by atoms with van der Waals surface area (Å²) in [5, 5.41) is 0. The Morgan fingerprint density at radius 2 is 1.61 bits per heavy atom. The highest BCUT2D eigenvalue weighted by molar-refractivity contribution is 5.77. The SMILES string of the molecule is Cn1cnc2cc(C(C)(C)Cc3nc4cc(C(C)(C)C)ccc4n3C)cnc21. The maximum atomic E-state index is 4.99. The third-order valence-electron chi connectivity index (χ3n) is 5.77. The lowest BCUT2D eigenvalue weighted by atomic mass is 9.82. The van der Waals surface area contributed by atoms with E-state index in [0.717, 1.165) is 28.9 Å². The predicted octanol–water partition coefficient (Wildman–Crippen LogP) is 4.67. The molecule has 3 aromatic heterocycles. The Balaban J connectivity index is 1.71. The summed E-state index contributed by atoms with van der Waals surface area (Å²) in [4.78, 5) is 14.1. The molecule has 0 aliphatic rings. The van der Waals surface area contributed by atoms with Gasteiger partial charge in [0.1, 0.15) is 11.3 Å². The van der Waals surface area contributed by atoms with Crippen molar-refractivity contribution in [3.05, 3.63) is 53.7 Å². The van der Waals surface area contributed by atoms with Gasteiger partial charge in [-0.25, -0.2) is 15.0 Å².